The molecule has 0 unspecified atom stereocenters. The lowest BCUT2D eigenvalue weighted by molar-refractivity contribution is 0.207. The summed E-state index contributed by atoms with van der Waals surface area (Å²) in [5, 5.41) is 2.79. The summed E-state index contributed by atoms with van der Waals surface area (Å²) in [6.45, 7) is 0.841. The van der Waals surface area contributed by atoms with E-state index in [9.17, 15) is 9.00 Å². The molecule has 0 spiro atoms. The zero-order valence-electron chi connectivity index (χ0n) is 13.9. The molecular weight excluding hydrogens is 324 g/mol. The van der Waals surface area contributed by atoms with Gasteiger partial charge < -0.3 is 15.0 Å². The maximum Gasteiger partial charge on any atom is 0.317 e. The minimum absolute atomic E-state index is 0.192. The van der Waals surface area contributed by atoms with E-state index in [1.165, 1.54) is 0 Å². The number of methoxy groups -OCH3 is 1. The Morgan fingerprint density at radius 3 is 2.62 bits per heavy atom. The molecule has 1 N–H and O–H groups in total. The molecule has 2 amide bonds. The van der Waals surface area contributed by atoms with Crippen molar-refractivity contribution in [3.63, 3.8) is 0 Å². The molecule has 2 aromatic carbocycles. The molecule has 2 aromatic rings. The van der Waals surface area contributed by atoms with Gasteiger partial charge in [-0.25, -0.2) is 4.79 Å². The van der Waals surface area contributed by atoms with Crippen LogP contribution in [0.5, 0.6) is 5.75 Å². The van der Waals surface area contributed by atoms with Gasteiger partial charge >= 0.3 is 6.03 Å². The Bertz CT molecular complexity index is 692. The SMILES string of the molecule is COc1cccc(CN(C)C(=O)NCC[S@](=O)c2ccccc2)c1. The lowest BCUT2D eigenvalue weighted by atomic mass is 10.2. The first-order chi connectivity index (χ1) is 11.6. The Hall–Kier alpha value is -2.34. The number of hydrogen-bond acceptors (Lipinski definition) is 3. The van der Waals surface area contributed by atoms with Gasteiger partial charge in [-0.1, -0.05) is 30.3 Å². The molecular formula is C18H22N2O3S. The summed E-state index contributed by atoms with van der Waals surface area (Å²) in [6, 6.07) is 16.6. The molecule has 0 fully saturated rings. The zero-order valence-corrected chi connectivity index (χ0v) is 14.7. The predicted octanol–water partition coefficient (Wildman–Crippen LogP) is 2.64. The van der Waals surface area contributed by atoms with Gasteiger partial charge in [0.05, 0.1) is 17.9 Å². The quantitative estimate of drug-likeness (QED) is 0.838. The lowest BCUT2D eigenvalue weighted by Gasteiger charge is -2.18. The van der Waals surface area contributed by atoms with E-state index in [1.54, 1.807) is 19.1 Å². The van der Waals surface area contributed by atoms with Gasteiger partial charge in [0.15, 0.2) is 0 Å². The number of carbonyl (C=O) groups excluding carboxylic acids is 1. The highest BCUT2D eigenvalue weighted by Crippen LogP contribution is 2.13. The van der Waals surface area contributed by atoms with Gasteiger partial charge in [-0.2, -0.15) is 0 Å². The molecule has 5 nitrogen and oxygen atoms in total. The van der Waals surface area contributed by atoms with Crippen LogP contribution in [0.3, 0.4) is 0 Å². The van der Waals surface area contributed by atoms with Crippen molar-refractivity contribution in [1.29, 1.82) is 0 Å². The summed E-state index contributed by atoms with van der Waals surface area (Å²) < 4.78 is 17.3. The van der Waals surface area contributed by atoms with Crippen LogP contribution in [0.1, 0.15) is 5.56 Å². The summed E-state index contributed by atoms with van der Waals surface area (Å²) in [5.41, 5.74) is 0.986. The number of urea groups is 1. The molecule has 24 heavy (non-hydrogen) atoms. The predicted molar refractivity (Wildman–Crippen MR) is 95.6 cm³/mol. The van der Waals surface area contributed by atoms with Crippen LogP contribution < -0.4 is 10.1 Å². The van der Waals surface area contributed by atoms with Crippen molar-refractivity contribution in [1.82, 2.24) is 10.2 Å². The summed E-state index contributed by atoms with van der Waals surface area (Å²) in [5.74, 6) is 1.16. The van der Waals surface area contributed by atoms with E-state index in [0.717, 1.165) is 16.2 Å². The third kappa shape index (κ3) is 5.38. The van der Waals surface area contributed by atoms with Gasteiger partial charge in [0.25, 0.3) is 0 Å². The minimum atomic E-state index is -1.11. The van der Waals surface area contributed by atoms with Crippen LogP contribution in [0, 0.1) is 0 Å². The van der Waals surface area contributed by atoms with Gasteiger partial charge in [-0.15, -0.1) is 0 Å². The molecule has 0 aromatic heterocycles. The van der Waals surface area contributed by atoms with Crippen molar-refractivity contribution >= 4 is 16.8 Å². The smallest absolute Gasteiger partial charge is 0.317 e. The highest BCUT2D eigenvalue weighted by atomic mass is 32.2. The van der Waals surface area contributed by atoms with Crippen molar-refractivity contribution < 1.29 is 13.7 Å². The standard InChI is InChI=1S/C18H22N2O3S/c1-20(14-15-7-6-8-16(13-15)23-2)18(21)19-11-12-24(22)17-9-4-3-5-10-17/h3-10,13H,11-12,14H2,1-2H3,(H,19,21)/t24-/m0/s1. The van der Waals surface area contributed by atoms with Gasteiger partial charge in [0, 0.05) is 30.8 Å². The van der Waals surface area contributed by atoms with Gasteiger partial charge in [-0.3, -0.25) is 4.21 Å². The maximum absolute atomic E-state index is 12.1. The maximum atomic E-state index is 12.1. The minimum Gasteiger partial charge on any atom is -0.497 e. The molecule has 1 atom stereocenters. The van der Waals surface area contributed by atoms with Gasteiger partial charge in [-0.05, 0) is 29.8 Å². The normalized spacial score (nSPS) is 11.6. The second-order valence-electron chi connectivity index (χ2n) is 5.30. The number of rotatable bonds is 7. The second-order valence-corrected chi connectivity index (χ2v) is 6.87. The number of benzene rings is 2. The number of ether oxygens (including phenoxy) is 1. The third-order valence-corrected chi connectivity index (χ3v) is 4.84. The average molecular weight is 346 g/mol. The molecule has 0 aliphatic carbocycles. The van der Waals surface area contributed by atoms with E-state index in [-0.39, 0.29) is 6.03 Å². The summed E-state index contributed by atoms with van der Waals surface area (Å²) in [7, 11) is 2.23. The van der Waals surface area contributed by atoms with E-state index >= 15 is 0 Å². The van der Waals surface area contributed by atoms with Crippen molar-refractivity contribution in [2.24, 2.45) is 0 Å². The Kier molecular flexibility index (Phi) is 6.81. The number of hydrogen-bond donors (Lipinski definition) is 1. The topological polar surface area (TPSA) is 58.6 Å². The van der Waals surface area contributed by atoms with E-state index in [0.29, 0.717) is 18.8 Å². The van der Waals surface area contributed by atoms with Crippen LogP contribution in [-0.2, 0) is 17.3 Å². The molecule has 0 aliphatic heterocycles. The lowest BCUT2D eigenvalue weighted by Crippen LogP contribution is -2.38. The molecule has 0 saturated heterocycles. The Balaban J connectivity index is 1.78. The zero-order chi connectivity index (χ0) is 17.4. The molecule has 0 radical (unpaired) electrons. The summed E-state index contributed by atoms with van der Waals surface area (Å²) in [6.07, 6.45) is 0. The molecule has 2 rings (SSSR count). The van der Waals surface area contributed by atoms with Crippen LogP contribution in [0.25, 0.3) is 0 Å². The third-order valence-electron chi connectivity index (χ3n) is 3.47. The first-order valence-electron chi connectivity index (χ1n) is 7.65. The van der Waals surface area contributed by atoms with Crippen LogP contribution in [0.4, 0.5) is 4.79 Å². The van der Waals surface area contributed by atoms with Gasteiger partial charge in [0.2, 0.25) is 0 Å². The summed E-state index contributed by atoms with van der Waals surface area (Å²) in [4.78, 5) is 14.5. The van der Waals surface area contributed by atoms with Crippen LogP contribution in [0.2, 0.25) is 0 Å². The highest BCUT2D eigenvalue weighted by Gasteiger charge is 2.10. The van der Waals surface area contributed by atoms with Crippen molar-refractivity contribution in [2.45, 2.75) is 11.4 Å². The second kappa shape index (κ2) is 9.08. The monoisotopic (exact) mass is 346 g/mol. The van der Waals surface area contributed by atoms with E-state index in [1.807, 2.05) is 54.6 Å². The highest BCUT2D eigenvalue weighted by molar-refractivity contribution is 7.85. The van der Waals surface area contributed by atoms with Crippen molar-refractivity contribution in [2.75, 3.05) is 26.5 Å². The number of nitrogens with one attached hydrogen (secondary N) is 1. The molecule has 128 valence electrons. The average Bonchev–Trinajstić information content (AvgIpc) is 2.62. The Labute approximate surface area is 145 Å². The number of nitrogens with zero attached hydrogens (tertiary/aromatic N) is 1. The fraction of sp³-hybridized carbons (Fsp3) is 0.278. The number of amides is 2. The van der Waals surface area contributed by atoms with Crippen LogP contribution in [-0.4, -0.2) is 41.6 Å². The Morgan fingerprint density at radius 2 is 1.92 bits per heavy atom. The van der Waals surface area contributed by atoms with Crippen LogP contribution in [0.15, 0.2) is 59.5 Å². The first kappa shape index (κ1) is 18.0. The molecule has 0 saturated carbocycles. The van der Waals surface area contributed by atoms with Crippen LogP contribution >= 0.6 is 0 Å². The fourth-order valence-corrected chi connectivity index (χ4v) is 3.18. The largest absolute Gasteiger partial charge is 0.497 e. The molecule has 0 aliphatic rings. The van der Waals surface area contributed by atoms with E-state index in [2.05, 4.69) is 5.32 Å². The Morgan fingerprint density at radius 1 is 1.17 bits per heavy atom. The summed E-state index contributed by atoms with van der Waals surface area (Å²) >= 11 is 0. The van der Waals surface area contributed by atoms with E-state index < -0.39 is 10.8 Å². The molecule has 0 heterocycles. The molecule has 0 bridgehead atoms. The fourth-order valence-electron chi connectivity index (χ4n) is 2.19. The van der Waals surface area contributed by atoms with Crippen molar-refractivity contribution in [3.8, 4) is 5.75 Å². The molecule has 6 heteroatoms. The first-order valence-corrected chi connectivity index (χ1v) is 8.97. The van der Waals surface area contributed by atoms with Gasteiger partial charge in [0.1, 0.15) is 5.75 Å². The van der Waals surface area contributed by atoms with E-state index in [4.69, 9.17) is 4.74 Å². The number of carbonyl (C=O) groups is 1. The van der Waals surface area contributed by atoms with Crippen molar-refractivity contribution in [3.05, 3.63) is 60.2 Å².